The number of benzene rings is 1. The Balaban J connectivity index is 1.62. The van der Waals surface area contributed by atoms with E-state index in [4.69, 9.17) is 18.9 Å². The summed E-state index contributed by atoms with van der Waals surface area (Å²) in [5, 5.41) is 2.80. The number of nitrogens with one attached hydrogen (secondary N) is 1. The van der Waals surface area contributed by atoms with Crippen LogP contribution in [0, 0.1) is 0 Å². The highest BCUT2D eigenvalue weighted by atomic mass is 32.1. The number of nitrogens with zero attached hydrogens (tertiary/aromatic N) is 3. The normalized spacial score (nSPS) is 16.8. The van der Waals surface area contributed by atoms with Crippen molar-refractivity contribution in [1.29, 1.82) is 0 Å². The van der Waals surface area contributed by atoms with E-state index in [0.29, 0.717) is 25.4 Å². The molecular formula is C22H30N4O6S. The van der Waals surface area contributed by atoms with Gasteiger partial charge in [-0.2, -0.15) is 4.98 Å². The van der Waals surface area contributed by atoms with Gasteiger partial charge in [0.25, 0.3) is 0 Å². The number of carbonyl (C=O) groups excluding carboxylic acids is 2. The zero-order valence-electron chi connectivity index (χ0n) is 19.7. The van der Waals surface area contributed by atoms with Crippen LogP contribution in [0.4, 0.5) is 14.7 Å². The fraction of sp³-hybridized carbons (Fsp3) is 0.545. The molecule has 3 rings (SSSR count). The fourth-order valence-electron chi connectivity index (χ4n) is 2.92. The molecule has 0 saturated carbocycles. The summed E-state index contributed by atoms with van der Waals surface area (Å²) >= 11 is 0.982. The average molecular weight is 479 g/mol. The van der Waals surface area contributed by atoms with Gasteiger partial charge in [-0.1, -0.05) is 12.1 Å². The predicted molar refractivity (Wildman–Crippen MR) is 123 cm³/mol. The summed E-state index contributed by atoms with van der Waals surface area (Å²) in [5.74, 6) is 0.507. The predicted octanol–water partition coefficient (Wildman–Crippen LogP) is 4.99. The first-order valence-corrected chi connectivity index (χ1v) is 11.4. The van der Waals surface area contributed by atoms with Gasteiger partial charge in [-0.05, 0) is 59.2 Å². The topological polar surface area (TPSA) is 112 Å². The van der Waals surface area contributed by atoms with Crippen LogP contribution < -0.4 is 10.1 Å². The lowest BCUT2D eigenvalue weighted by molar-refractivity contribution is -0.0433. The Hall–Kier alpha value is -2.92. The van der Waals surface area contributed by atoms with E-state index in [1.807, 2.05) is 39.0 Å². The molecule has 2 amide bonds. The Morgan fingerprint density at radius 3 is 2.58 bits per heavy atom. The maximum absolute atomic E-state index is 12.4. The molecule has 0 radical (unpaired) electrons. The average Bonchev–Trinajstić information content (AvgIpc) is 3.12. The van der Waals surface area contributed by atoms with Gasteiger partial charge in [0, 0.05) is 18.1 Å². The van der Waals surface area contributed by atoms with E-state index in [2.05, 4.69) is 14.7 Å². The highest BCUT2D eigenvalue weighted by molar-refractivity contribution is 7.10. The molecule has 1 aliphatic heterocycles. The molecule has 0 bridgehead atoms. The summed E-state index contributed by atoms with van der Waals surface area (Å²) in [6.45, 7) is 12.1. The molecule has 1 fully saturated rings. The van der Waals surface area contributed by atoms with Gasteiger partial charge in [0.05, 0.1) is 13.2 Å². The molecule has 180 valence electrons. The number of carbonyl (C=O) groups is 2. The van der Waals surface area contributed by atoms with Gasteiger partial charge >= 0.3 is 18.2 Å². The smallest absolute Gasteiger partial charge is 0.414 e. The lowest BCUT2D eigenvalue weighted by Gasteiger charge is -2.34. The van der Waals surface area contributed by atoms with Crippen molar-refractivity contribution in [3.05, 3.63) is 29.8 Å². The van der Waals surface area contributed by atoms with Gasteiger partial charge in [0.2, 0.25) is 5.13 Å². The number of morpholine rings is 1. The molecule has 11 heteroatoms. The first-order chi connectivity index (χ1) is 15.4. The third-order valence-electron chi connectivity index (χ3n) is 4.17. The van der Waals surface area contributed by atoms with E-state index < -0.39 is 17.3 Å². The van der Waals surface area contributed by atoms with E-state index in [0.717, 1.165) is 17.1 Å². The summed E-state index contributed by atoms with van der Waals surface area (Å²) in [5.41, 5.74) is -0.325. The zero-order valence-corrected chi connectivity index (χ0v) is 20.5. The van der Waals surface area contributed by atoms with Crippen LogP contribution in [0.2, 0.25) is 0 Å². The van der Waals surface area contributed by atoms with Crippen molar-refractivity contribution >= 4 is 28.9 Å². The third-order valence-corrected chi connectivity index (χ3v) is 4.79. The van der Waals surface area contributed by atoms with E-state index in [1.165, 1.54) is 0 Å². The molecule has 1 atom stereocenters. The van der Waals surface area contributed by atoms with Gasteiger partial charge < -0.3 is 23.8 Å². The van der Waals surface area contributed by atoms with E-state index in [-0.39, 0.29) is 23.3 Å². The number of hydrogen-bond acceptors (Lipinski definition) is 9. The molecule has 1 N–H and O–H groups in total. The standard InChI is InChI=1S/C22H30N4O6S/c1-21(2,3)31-19(27)24-18-23-17(25-33-18)30-15-9-7-8-14(12-15)16-13-26(10-11-29-16)20(28)32-22(4,5)6/h7-9,12,16H,10-11,13H2,1-6H3,(H,23,24,25,27)/t16-/m0/s1. The third kappa shape index (κ3) is 7.86. The Kier molecular flexibility index (Phi) is 7.43. The number of ether oxygens (including phenoxy) is 4. The number of amides is 2. The van der Waals surface area contributed by atoms with Crippen molar-refractivity contribution in [2.24, 2.45) is 0 Å². The highest BCUT2D eigenvalue weighted by Crippen LogP contribution is 2.29. The van der Waals surface area contributed by atoms with Crippen LogP contribution in [0.1, 0.15) is 53.2 Å². The van der Waals surface area contributed by atoms with Crippen LogP contribution in [0.15, 0.2) is 24.3 Å². The monoisotopic (exact) mass is 478 g/mol. The van der Waals surface area contributed by atoms with Crippen LogP contribution >= 0.6 is 11.5 Å². The van der Waals surface area contributed by atoms with Crippen LogP contribution in [-0.2, 0) is 14.2 Å². The van der Waals surface area contributed by atoms with E-state index in [9.17, 15) is 9.59 Å². The Bertz CT molecular complexity index is 982. The minimum absolute atomic E-state index is 0.100. The van der Waals surface area contributed by atoms with Crippen LogP contribution in [0.5, 0.6) is 11.8 Å². The second-order valence-corrected chi connectivity index (χ2v) is 10.2. The Labute approximate surface area is 197 Å². The fourth-order valence-corrected chi connectivity index (χ4v) is 3.41. The molecule has 0 aliphatic carbocycles. The van der Waals surface area contributed by atoms with Gasteiger partial charge in [-0.3, -0.25) is 5.32 Å². The van der Waals surface area contributed by atoms with E-state index >= 15 is 0 Å². The van der Waals surface area contributed by atoms with Crippen molar-refractivity contribution in [2.75, 3.05) is 25.0 Å². The second-order valence-electron chi connectivity index (χ2n) is 9.47. The molecule has 10 nitrogen and oxygen atoms in total. The molecular weight excluding hydrogens is 448 g/mol. The molecule has 1 aromatic heterocycles. The largest absolute Gasteiger partial charge is 0.444 e. The molecule has 1 saturated heterocycles. The molecule has 33 heavy (non-hydrogen) atoms. The first-order valence-electron chi connectivity index (χ1n) is 10.6. The molecule has 0 unspecified atom stereocenters. The summed E-state index contributed by atoms with van der Waals surface area (Å²) in [6.07, 6.45) is -1.29. The minimum Gasteiger partial charge on any atom is -0.444 e. The lowest BCUT2D eigenvalue weighted by atomic mass is 10.1. The maximum atomic E-state index is 12.4. The lowest BCUT2D eigenvalue weighted by Crippen LogP contribution is -2.44. The molecule has 0 spiro atoms. The number of aromatic nitrogens is 2. The van der Waals surface area contributed by atoms with Crippen LogP contribution in [-0.4, -0.2) is 57.3 Å². The second kappa shape index (κ2) is 9.92. The molecule has 1 aromatic carbocycles. The number of hydrogen-bond donors (Lipinski definition) is 1. The van der Waals surface area contributed by atoms with Crippen molar-refractivity contribution < 1.29 is 28.5 Å². The van der Waals surface area contributed by atoms with E-state index in [1.54, 1.807) is 31.7 Å². The quantitative estimate of drug-likeness (QED) is 0.654. The van der Waals surface area contributed by atoms with Crippen LogP contribution in [0.3, 0.4) is 0 Å². The molecule has 2 aromatic rings. The summed E-state index contributed by atoms with van der Waals surface area (Å²) in [7, 11) is 0. The van der Waals surface area contributed by atoms with Crippen molar-refractivity contribution in [3.63, 3.8) is 0 Å². The summed E-state index contributed by atoms with van der Waals surface area (Å²) < 4.78 is 26.4. The zero-order chi connectivity index (χ0) is 24.2. The number of anilines is 1. The SMILES string of the molecule is CC(C)(C)OC(=O)Nc1nc(Oc2cccc([C@@H]3CN(C(=O)OC(C)(C)C)CCO3)c2)ns1. The maximum Gasteiger partial charge on any atom is 0.414 e. The summed E-state index contributed by atoms with van der Waals surface area (Å²) in [4.78, 5) is 30.1. The van der Waals surface area contributed by atoms with Gasteiger partial charge in [0.1, 0.15) is 23.1 Å². The first kappa shape index (κ1) is 24.7. The van der Waals surface area contributed by atoms with Crippen molar-refractivity contribution in [1.82, 2.24) is 14.3 Å². The van der Waals surface area contributed by atoms with Gasteiger partial charge in [-0.25, -0.2) is 9.59 Å². The molecule has 2 heterocycles. The van der Waals surface area contributed by atoms with Crippen LogP contribution in [0.25, 0.3) is 0 Å². The van der Waals surface area contributed by atoms with Crippen molar-refractivity contribution in [2.45, 2.75) is 58.8 Å². The highest BCUT2D eigenvalue weighted by Gasteiger charge is 2.29. The Morgan fingerprint density at radius 1 is 1.15 bits per heavy atom. The van der Waals surface area contributed by atoms with Gasteiger partial charge in [-0.15, -0.1) is 4.37 Å². The van der Waals surface area contributed by atoms with Crippen molar-refractivity contribution in [3.8, 4) is 11.8 Å². The van der Waals surface area contributed by atoms with Gasteiger partial charge in [0.15, 0.2) is 0 Å². The Morgan fingerprint density at radius 2 is 1.88 bits per heavy atom. The summed E-state index contributed by atoms with van der Waals surface area (Å²) in [6, 6.07) is 7.40. The number of rotatable bonds is 4. The minimum atomic E-state index is -0.616. The molecule has 1 aliphatic rings.